The fraction of sp³-hybridized carbons (Fsp3) is 0.0769. The lowest BCUT2D eigenvalue weighted by Gasteiger charge is -2.02. The van der Waals surface area contributed by atoms with E-state index in [1.807, 2.05) is 18.2 Å². The number of hydrogen-bond acceptors (Lipinski definition) is 4. The van der Waals surface area contributed by atoms with Gasteiger partial charge in [-0.3, -0.25) is 0 Å². The molecular formula is C13H11ClN4O. The lowest BCUT2D eigenvalue weighted by atomic mass is 10.3. The first-order valence-electron chi connectivity index (χ1n) is 5.70. The van der Waals surface area contributed by atoms with Gasteiger partial charge in [0.2, 0.25) is 0 Å². The molecule has 2 heterocycles. The Morgan fingerprint density at radius 3 is 3.00 bits per heavy atom. The van der Waals surface area contributed by atoms with E-state index in [2.05, 4.69) is 10.1 Å². The van der Waals surface area contributed by atoms with E-state index in [9.17, 15) is 0 Å². The molecule has 0 fully saturated rings. The highest BCUT2D eigenvalue weighted by Crippen LogP contribution is 2.18. The Morgan fingerprint density at radius 2 is 2.16 bits per heavy atom. The fourth-order valence-electron chi connectivity index (χ4n) is 1.71. The van der Waals surface area contributed by atoms with Gasteiger partial charge in [0.05, 0.1) is 11.9 Å². The zero-order valence-corrected chi connectivity index (χ0v) is 10.7. The van der Waals surface area contributed by atoms with Crippen molar-refractivity contribution in [2.45, 2.75) is 6.61 Å². The number of fused-ring (bicyclic) bond motifs is 1. The van der Waals surface area contributed by atoms with E-state index >= 15 is 0 Å². The van der Waals surface area contributed by atoms with Gasteiger partial charge in [0.15, 0.2) is 11.5 Å². The number of rotatable bonds is 3. The Bertz CT molecular complexity index is 725. The molecule has 96 valence electrons. The van der Waals surface area contributed by atoms with E-state index in [0.29, 0.717) is 22.3 Å². The Morgan fingerprint density at radius 1 is 1.26 bits per heavy atom. The van der Waals surface area contributed by atoms with Gasteiger partial charge in [-0.15, -0.1) is 5.10 Å². The van der Waals surface area contributed by atoms with Crippen molar-refractivity contribution in [1.29, 1.82) is 0 Å². The molecule has 0 spiro atoms. The van der Waals surface area contributed by atoms with Crippen molar-refractivity contribution < 1.29 is 4.74 Å². The second kappa shape index (κ2) is 4.78. The van der Waals surface area contributed by atoms with Gasteiger partial charge in [-0.05, 0) is 30.3 Å². The lowest BCUT2D eigenvalue weighted by molar-refractivity contribution is 0.296. The first-order valence-corrected chi connectivity index (χ1v) is 6.08. The molecule has 3 rings (SSSR count). The smallest absolute Gasteiger partial charge is 0.189 e. The van der Waals surface area contributed by atoms with Crippen LogP contribution in [-0.4, -0.2) is 14.6 Å². The molecule has 19 heavy (non-hydrogen) atoms. The summed E-state index contributed by atoms with van der Waals surface area (Å²) in [6, 6.07) is 10.8. The molecule has 0 saturated carbocycles. The van der Waals surface area contributed by atoms with Crippen LogP contribution in [0.1, 0.15) is 5.82 Å². The molecular weight excluding hydrogens is 264 g/mol. The van der Waals surface area contributed by atoms with Crippen molar-refractivity contribution in [2.75, 3.05) is 5.73 Å². The quantitative estimate of drug-likeness (QED) is 0.797. The summed E-state index contributed by atoms with van der Waals surface area (Å²) in [5.74, 6) is 1.27. The van der Waals surface area contributed by atoms with Crippen LogP contribution in [0.15, 0.2) is 42.6 Å². The lowest BCUT2D eigenvalue weighted by Crippen LogP contribution is -1.98. The Balaban J connectivity index is 1.78. The fourth-order valence-corrected chi connectivity index (χ4v) is 1.89. The Hall–Kier alpha value is -2.27. The number of benzene rings is 1. The third-order valence-electron chi connectivity index (χ3n) is 2.56. The zero-order valence-electron chi connectivity index (χ0n) is 9.95. The van der Waals surface area contributed by atoms with Gasteiger partial charge in [0, 0.05) is 5.02 Å². The monoisotopic (exact) mass is 274 g/mol. The largest absolute Gasteiger partial charge is 0.485 e. The molecule has 0 unspecified atom stereocenters. The first kappa shape index (κ1) is 11.8. The highest BCUT2D eigenvalue weighted by atomic mass is 35.5. The van der Waals surface area contributed by atoms with Crippen LogP contribution in [0.2, 0.25) is 5.02 Å². The van der Waals surface area contributed by atoms with Gasteiger partial charge in [-0.2, -0.15) is 0 Å². The second-order valence-corrected chi connectivity index (χ2v) is 4.48. The van der Waals surface area contributed by atoms with Crippen LogP contribution >= 0.6 is 11.6 Å². The molecule has 0 saturated heterocycles. The summed E-state index contributed by atoms with van der Waals surface area (Å²) in [5, 5.41) is 4.91. The zero-order chi connectivity index (χ0) is 13.2. The van der Waals surface area contributed by atoms with Gasteiger partial charge in [0.25, 0.3) is 0 Å². The van der Waals surface area contributed by atoms with Crippen molar-refractivity contribution in [2.24, 2.45) is 0 Å². The van der Waals surface area contributed by atoms with Crippen LogP contribution in [-0.2, 0) is 6.61 Å². The molecule has 0 atom stereocenters. The average Bonchev–Trinajstić information content (AvgIpc) is 2.78. The number of nitrogen functional groups attached to an aromatic ring is 1. The minimum atomic E-state index is 0.280. The molecule has 1 aromatic carbocycles. The van der Waals surface area contributed by atoms with E-state index in [1.54, 1.807) is 28.9 Å². The van der Waals surface area contributed by atoms with Gasteiger partial charge in [-0.25, -0.2) is 9.50 Å². The molecule has 0 radical (unpaired) electrons. The SMILES string of the molecule is Nc1ccc2nc(COc3cccc(Cl)c3)nn2c1. The molecule has 2 N–H and O–H groups in total. The number of nitrogens with two attached hydrogens (primary N) is 1. The minimum absolute atomic E-state index is 0.280. The number of anilines is 1. The molecule has 0 aliphatic heterocycles. The standard InChI is InChI=1S/C13H11ClN4O/c14-9-2-1-3-11(6-9)19-8-12-16-13-5-4-10(15)7-18(13)17-12/h1-7H,8,15H2. The van der Waals surface area contributed by atoms with Gasteiger partial charge >= 0.3 is 0 Å². The maximum Gasteiger partial charge on any atom is 0.189 e. The van der Waals surface area contributed by atoms with Crippen LogP contribution in [0.5, 0.6) is 5.75 Å². The summed E-state index contributed by atoms with van der Waals surface area (Å²) >= 11 is 5.88. The summed E-state index contributed by atoms with van der Waals surface area (Å²) in [7, 11) is 0. The summed E-state index contributed by atoms with van der Waals surface area (Å²) in [5.41, 5.74) is 7.05. The highest BCUT2D eigenvalue weighted by molar-refractivity contribution is 6.30. The van der Waals surface area contributed by atoms with E-state index in [4.69, 9.17) is 22.1 Å². The maximum atomic E-state index is 5.88. The molecule has 0 aliphatic carbocycles. The van der Waals surface area contributed by atoms with Crippen molar-refractivity contribution in [1.82, 2.24) is 14.6 Å². The van der Waals surface area contributed by atoms with Gasteiger partial charge in [0.1, 0.15) is 12.4 Å². The van der Waals surface area contributed by atoms with E-state index in [-0.39, 0.29) is 6.61 Å². The molecule has 0 amide bonds. The van der Waals surface area contributed by atoms with E-state index in [0.717, 1.165) is 5.65 Å². The number of ether oxygens (including phenoxy) is 1. The first-order chi connectivity index (χ1) is 9.20. The molecule has 0 bridgehead atoms. The maximum absolute atomic E-state index is 5.88. The number of hydrogen-bond donors (Lipinski definition) is 1. The highest BCUT2D eigenvalue weighted by Gasteiger charge is 2.04. The Kier molecular flexibility index (Phi) is 2.97. The minimum Gasteiger partial charge on any atom is -0.485 e. The second-order valence-electron chi connectivity index (χ2n) is 4.04. The predicted molar refractivity (Wildman–Crippen MR) is 73.2 cm³/mol. The molecule has 0 aliphatic rings. The van der Waals surface area contributed by atoms with Crippen LogP contribution in [0.4, 0.5) is 5.69 Å². The van der Waals surface area contributed by atoms with E-state index < -0.39 is 0 Å². The topological polar surface area (TPSA) is 65.4 Å². The third-order valence-corrected chi connectivity index (χ3v) is 2.80. The van der Waals surface area contributed by atoms with Gasteiger partial charge < -0.3 is 10.5 Å². The molecule has 5 nitrogen and oxygen atoms in total. The van der Waals surface area contributed by atoms with Crippen molar-refractivity contribution >= 4 is 22.9 Å². The van der Waals surface area contributed by atoms with Crippen LogP contribution < -0.4 is 10.5 Å². The van der Waals surface area contributed by atoms with Crippen LogP contribution in [0.3, 0.4) is 0 Å². The summed E-state index contributed by atoms with van der Waals surface area (Å²) in [6.07, 6.45) is 1.71. The van der Waals surface area contributed by atoms with Crippen LogP contribution in [0.25, 0.3) is 5.65 Å². The molecule has 6 heteroatoms. The van der Waals surface area contributed by atoms with Crippen molar-refractivity contribution in [3.8, 4) is 5.75 Å². The number of halogens is 1. The molecule has 2 aromatic heterocycles. The van der Waals surface area contributed by atoms with Crippen molar-refractivity contribution in [3.05, 3.63) is 53.4 Å². The summed E-state index contributed by atoms with van der Waals surface area (Å²) in [4.78, 5) is 4.33. The number of pyridine rings is 1. The third kappa shape index (κ3) is 2.61. The number of nitrogens with zero attached hydrogens (tertiary/aromatic N) is 3. The van der Waals surface area contributed by atoms with Crippen molar-refractivity contribution in [3.63, 3.8) is 0 Å². The normalized spacial score (nSPS) is 10.8. The number of aromatic nitrogens is 3. The van der Waals surface area contributed by atoms with Crippen LogP contribution in [0, 0.1) is 0 Å². The van der Waals surface area contributed by atoms with E-state index in [1.165, 1.54) is 0 Å². The Labute approximate surface area is 114 Å². The summed E-state index contributed by atoms with van der Waals surface area (Å²) < 4.78 is 7.21. The summed E-state index contributed by atoms with van der Waals surface area (Å²) in [6.45, 7) is 0.280. The average molecular weight is 275 g/mol. The van der Waals surface area contributed by atoms with Gasteiger partial charge in [-0.1, -0.05) is 17.7 Å². The molecule has 3 aromatic rings. The predicted octanol–water partition coefficient (Wildman–Crippen LogP) is 2.54.